The maximum Gasteiger partial charge on any atom is 0.305 e. The van der Waals surface area contributed by atoms with Crippen LogP contribution in [0.1, 0.15) is 38.5 Å². The number of unbranched alkanes of at least 4 members (excludes halogenated alkanes) is 1. The molecule has 0 saturated carbocycles. The third-order valence-corrected chi connectivity index (χ3v) is 3.35. The van der Waals surface area contributed by atoms with Crippen molar-refractivity contribution in [2.24, 2.45) is 0 Å². The second-order valence-corrected chi connectivity index (χ2v) is 4.71. The lowest BCUT2D eigenvalue weighted by Crippen LogP contribution is -2.45. The number of ether oxygens (including phenoxy) is 1. The average molecular weight is 269 g/mol. The summed E-state index contributed by atoms with van der Waals surface area (Å²) in [5.74, 6) is -0.0792. The second kappa shape index (κ2) is 8.69. The van der Waals surface area contributed by atoms with Gasteiger partial charge in [0.2, 0.25) is 5.91 Å². The lowest BCUT2D eigenvalue weighted by atomic mass is 10.0. The Bertz CT molecular complexity index is 327. The molecule has 1 fully saturated rings. The average Bonchev–Trinajstić information content (AvgIpc) is 2.43. The largest absolute Gasteiger partial charge is 0.469 e. The number of allylic oxidation sites excluding steroid dienone is 1. The standard InChI is InChI=1S/C14H23NO4/c1-19-14(18)9-4-2-3-5-10-15-12(11-16)7-6-8-13(15)17/h3,5,12,16H,2,4,6-11H2,1H3/b5-3+/t12-/m1/s1. The molecule has 5 heteroatoms. The number of carbonyl (C=O) groups excluding carboxylic acids is 2. The van der Waals surface area contributed by atoms with E-state index in [-0.39, 0.29) is 24.5 Å². The fourth-order valence-electron chi connectivity index (χ4n) is 2.20. The Morgan fingerprint density at radius 1 is 1.53 bits per heavy atom. The van der Waals surface area contributed by atoms with Crippen LogP contribution in [0.25, 0.3) is 0 Å². The first kappa shape index (κ1) is 15.7. The first-order valence-electron chi connectivity index (χ1n) is 6.81. The van der Waals surface area contributed by atoms with Crippen LogP contribution < -0.4 is 0 Å². The van der Waals surface area contributed by atoms with Crippen molar-refractivity contribution in [1.29, 1.82) is 0 Å². The molecule has 1 amide bonds. The van der Waals surface area contributed by atoms with Gasteiger partial charge in [0.05, 0.1) is 19.8 Å². The zero-order valence-corrected chi connectivity index (χ0v) is 11.5. The van der Waals surface area contributed by atoms with Crippen LogP contribution in [0.2, 0.25) is 0 Å². The summed E-state index contributed by atoms with van der Waals surface area (Å²) in [6.45, 7) is 0.574. The van der Waals surface area contributed by atoms with Crippen LogP contribution in [0.3, 0.4) is 0 Å². The molecule has 0 aromatic rings. The van der Waals surface area contributed by atoms with Crippen LogP contribution in [0, 0.1) is 0 Å². The van der Waals surface area contributed by atoms with Crippen molar-refractivity contribution in [2.75, 3.05) is 20.3 Å². The van der Waals surface area contributed by atoms with Crippen LogP contribution in [0.15, 0.2) is 12.2 Å². The van der Waals surface area contributed by atoms with Crippen LogP contribution in [0.4, 0.5) is 0 Å². The van der Waals surface area contributed by atoms with Gasteiger partial charge in [0, 0.05) is 19.4 Å². The van der Waals surface area contributed by atoms with Crippen LogP contribution in [-0.4, -0.2) is 48.2 Å². The number of nitrogens with zero attached hydrogens (tertiary/aromatic N) is 1. The fraction of sp³-hybridized carbons (Fsp3) is 0.714. The van der Waals surface area contributed by atoms with E-state index in [1.807, 2.05) is 12.2 Å². The Hall–Kier alpha value is -1.36. The molecule has 19 heavy (non-hydrogen) atoms. The molecule has 1 rings (SSSR count). The maximum atomic E-state index is 11.7. The van der Waals surface area contributed by atoms with Gasteiger partial charge in [-0.05, 0) is 25.7 Å². The zero-order valence-electron chi connectivity index (χ0n) is 11.5. The molecule has 0 spiro atoms. The summed E-state index contributed by atoms with van der Waals surface area (Å²) in [5.41, 5.74) is 0. The van der Waals surface area contributed by atoms with Gasteiger partial charge in [0.25, 0.3) is 0 Å². The minimum Gasteiger partial charge on any atom is -0.469 e. The Morgan fingerprint density at radius 2 is 2.32 bits per heavy atom. The minimum absolute atomic E-state index is 0.0297. The first-order chi connectivity index (χ1) is 9.19. The van der Waals surface area contributed by atoms with E-state index >= 15 is 0 Å². The molecule has 1 aliphatic rings. The highest BCUT2D eigenvalue weighted by molar-refractivity contribution is 5.77. The number of likely N-dealkylation sites (tertiary alicyclic amines) is 1. The third-order valence-electron chi connectivity index (χ3n) is 3.35. The Balaban J connectivity index is 2.25. The van der Waals surface area contributed by atoms with E-state index in [1.165, 1.54) is 7.11 Å². The first-order valence-corrected chi connectivity index (χ1v) is 6.81. The highest BCUT2D eigenvalue weighted by Gasteiger charge is 2.25. The Labute approximate surface area is 114 Å². The topological polar surface area (TPSA) is 66.8 Å². The molecule has 1 N–H and O–H groups in total. The van der Waals surface area contributed by atoms with Gasteiger partial charge in [-0.3, -0.25) is 9.59 Å². The lowest BCUT2D eigenvalue weighted by molar-refractivity contribution is -0.140. The van der Waals surface area contributed by atoms with Crippen LogP contribution >= 0.6 is 0 Å². The van der Waals surface area contributed by atoms with Crippen LogP contribution in [-0.2, 0) is 14.3 Å². The van der Waals surface area contributed by atoms with Crippen molar-refractivity contribution in [3.8, 4) is 0 Å². The van der Waals surface area contributed by atoms with Gasteiger partial charge in [0.15, 0.2) is 0 Å². The molecule has 0 aromatic heterocycles. The van der Waals surface area contributed by atoms with Crippen molar-refractivity contribution in [3.63, 3.8) is 0 Å². The molecular weight excluding hydrogens is 246 g/mol. The second-order valence-electron chi connectivity index (χ2n) is 4.71. The van der Waals surface area contributed by atoms with E-state index < -0.39 is 0 Å². The van der Waals surface area contributed by atoms with E-state index in [0.717, 1.165) is 25.7 Å². The number of methoxy groups -OCH3 is 1. The van der Waals surface area contributed by atoms with E-state index in [4.69, 9.17) is 0 Å². The van der Waals surface area contributed by atoms with Gasteiger partial charge in [-0.15, -0.1) is 0 Å². The highest BCUT2D eigenvalue weighted by atomic mass is 16.5. The van der Waals surface area contributed by atoms with Crippen molar-refractivity contribution in [3.05, 3.63) is 12.2 Å². The van der Waals surface area contributed by atoms with Crippen molar-refractivity contribution in [2.45, 2.75) is 44.6 Å². The fourth-order valence-corrected chi connectivity index (χ4v) is 2.20. The molecule has 0 unspecified atom stereocenters. The molecule has 1 heterocycles. The molecule has 1 saturated heterocycles. The van der Waals surface area contributed by atoms with Gasteiger partial charge in [-0.25, -0.2) is 0 Å². The summed E-state index contributed by atoms with van der Waals surface area (Å²) in [4.78, 5) is 24.4. The molecule has 0 radical (unpaired) electrons. The lowest BCUT2D eigenvalue weighted by Gasteiger charge is -2.33. The maximum absolute atomic E-state index is 11.7. The van der Waals surface area contributed by atoms with Crippen molar-refractivity contribution >= 4 is 11.9 Å². The van der Waals surface area contributed by atoms with E-state index in [9.17, 15) is 14.7 Å². The third kappa shape index (κ3) is 5.42. The number of hydrogen-bond donors (Lipinski definition) is 1. The van der Waals surface area contributed by atoms with Gasteiger partial charge < -0.3 is 14.7 Å². The number of hydrogen-bond acceptors (Lipinski definition) is 4. The van der Waals surface area contributed by atoms with E-state index in [2.05, 4.69) is 4.74 Å². The zero-order chi connectivity index (χ0) is 14.1. The highest BCUT2D eigenvalue weighted by Crippen LogP contribution is 2.17. The molecular formula is C14H23NO4. The SMILES string of the molecule is COC(=O)CCC/C=C/CN1C(=O)CCC[C@@H]1CO. The quantitative estimate of drug-likeness (QED) is 0.429. The van der Waals surface area contributed by atoms with Gasteiger partial charge in [-0.2, -0.15) is 0 Å². The molecule has 5 nitrogen and oxygen atoms in total. The number of aliphatic hydroxyl groups is 1. The summed E-state index contributed by atoms with van der Waals surface area (Å²) in [6, 6.07) is -0.0408. The molecule has 1 aliphatic heterocycles. The predicted octanol–water partition coefficient (Wildman–Crippen LogP) is 1.26. The normalized spacial score (nSPS) is 20.0. The van der Waals surface area contributed by atoms with Crippen LogP contribution in [0.5, 0.6) is 0 Å². The monoisotopic (exact) mass is 269 g/mol. The Morgan fingerprint density at radius 3 is 3.00 bits per heavy atom. The molecule has 0 aliphatic carbocycles. The summed E-state index contributed by atoms with van der Waals surface area (Å²) >= 11 is 0. The molecule has 108 valence electrons. The number of aliphatic hydroxyl groups excluding tert-OH is 1. The molecule has 0 aromatic carbocycles. The van der Waals surface area contributed by atoms with Gasteiger partial charge in [0.1, 0.15) is 0 Å². The summed E-state index contributed by atoms with van der Waals surface area (Å²) in [7, 11) is 1.38. The summed E-state index contributed by atoms with van der Waals surface area (Å²) in [5, 5.41) is 9.24. The van der Waals surface area contributed by atoms with Gasteiger partial charge in [-0.1, -0.05) is 12.2 Å². The minimum atomic E-state index is -0.194. The number of piperidine rings is 1. The van der Waals surface area contributed by atoms with Crippen molar-refractivity contribution in [1.82, 2.24) is 4.90 Å². The smallest absolute Gasteiger partial charge is 0.305 e. The van der Waals surface area contributed by atoms with Gasteiger partial charge >= 0.3 is 5.97 Å². The Kier molecular flexibility index (Phi) is 7.18. The molecule has 1 atom stereocenters. The predicted molar refractivity (Wildman–Crippen MR) is 71.4 cm³/mol. The molecule has 0 bridgehead atoms. The van der Waals surface area contributed by atoms with E-state index in [1.54, 1.807) is 4.90 Å². The number of carbonyl (C=O) groups is 2. The van der Waals surface area contributed by atoms with E-state index in [0.29, 0.717) is 19.4 Å². The summed E-state index contributed by atoms with van der Waals surface area (Å²) < 4.78 is 4.55. The number of amides is 1. The summed E-state index contributed by atoms with van der Waals surface area (Å²) in [6.07, 6.45) is 8.18. The number of esters is 1. The number of rotatable bonds is 7. The van der Waals surface area contributed by atoms with Crippen molar-refractivity contribution < 1.29 is 19.4 Å².